The van der Waals surface area contributed by atoms with Crippen molar-refractivity contribution < 1.29 is 9.90 Å². The minimum Gasteiger partial charge on any atom is -0.508 e. The highest BCUT2D eigenvalue weighted by molar-refractivity contribution is 6.12. The van der Waals surface area contributed by atoms with E-state index in [-0.39, 0.29) is 11.7 Å². The molecule has 2 heterocycles. The van der Waals surface area contributed by atoms with E-state index < -0.39 is 0 Å². The van der Waals surface area contributed by atoms with Gasteiger partial charge in [0.15, 0.2) is 5.82 Å². The molecule has 0 saturated carbocycles. The molecular formula is C33H40N4O2. The Morgan fingerprint density at radius 1 is 0.872 bits per heavy atom. The average molecular weight is 525 g/mol. The third kappa shape index (κ3) is 7.23. The number of nitrogens with zero attached hydrogens (tertiary/aromatic N) is 3. The molecule has 0 aliphatic rings. The van der Waals surface area contributed by atoms with Crippen LogP contribution in [-0.2, 0) is 13.0 Å². The number of amides is 1. The van der Waals surface area contributed by atoms with Crippen LogP contribution in [0.2, 0.25) is 0 Å². The van der Waals surface area contributed by atoms with Gasteiger partial charge in [0.05, 0.1) is 11.0 Å². The second kappa shape index (κ2) is 14.7. The molecule has 0 bridgehead atoms. The van der Waals surface area contributed by atoms with Gasteiger partial charge in [-0.15, -0.1) is 0 Å². The zero-order valence-corrected chi connectivity index (χ0v) is 23.7. The molecule has 6 nitrogen and oxygen atoms in total. The Morgan fingerprint density at radius 2 is 1.51 bits per heavy atom. The molecule has 6 heteroatoms. The third-order valence-corrected chi connectivity index (χ3v) is 5.96. The first-order valence-electron chi connectivity index (χ1n) is 14.0. The number of aromatic hydroxyl groups is 1. The standard InChI is InChI=1S/C28H26N4O2.C3H8.C2H6/c1-2-3-13-24-30-25-26(32(24)18-19-14-16-21(33)17-15-19)22-11-7-8-12-23(22)29-27(25)31-28(34)20-9-5-4-6-10-20;1-3-2;1-2/h4-12,14-17,33H,2-3,13,18H2,1H3,(H,29,31,34);3H2,1-2H3;1-2H3. The summed E-state index contributed by atoms with van der Waals surface area (Å²) in [5, 5.41) is 13.7. The van der Waals surface area contributed by atoms with Gasteiger partial charge in [0.2, 0.25) is 0 Å². The quantitative estimate of drug-likeness (QED) is 0.224. The summed E-state index contributed by atoms with van der Waals surface area (Å²) in [5.74, 6) is 1.45. The van der Waals surface area contributed by atoms with E-state index in [0.29, 0.717) is 23.4 Å². The van der Waals surface area contributed by atoms with E-state index in [0.717, 1.165) is 47.1 Å². The lowest BCUT2D eigenvalue weighted by Gasteiger charge is -2.12. The van der Waals surface area contributed by atoms with Gasteiger partial charge in [-0.25, -0.2) is 9.97 Å². The van der Waals surface area contributed by atoms with Crippen molar-refractivity contribution in [3.63, 3.8) is 0 Å². The first-order chi connectivity index (χ1) is 19.0. The molecule has 0 atom stereocenters. The van der Waals surface area contributed by atoms with Crippen LogP contribution in [0.15, 0.2) is 78.9 Å². The van der Waals surface area contributed by atoms with E-state index >= 15 is 0 Å². The Bertz CT molecular complexity index is 1480. The number of hydrogen-bond acceptors (Lipinski definition) is 4. The molecule has 0 saturated heterocycles. The summed E-state index contributed by atoms with van der Waals surface area (Å²) in [6.45, 7) is 11.0. The number of benzene rings is 3. The number of para-hydroxylation sites is 1. The fourth-order valence-electron chi connectivity index (χ4n) is 4.22. The summed E-state index contributed by atoms with van der Waals surface area (Å²) >= 11 is 0. The maximum absolute atomic E-state index is 13.0. The highest BCUT2D eigenvalue weighted by Gasteiger charge is 2.20. The van der Waals surface area contributed by atoms with E-state index in [4.69, 9.17) is 9.97 Å². The number of phenols is 1. The molecule has 0 fully saturated rings. The minimum absolute atomic E-state index is 0.215. The van der Waals surface area contributed by atoms with Crippen LogP contribution in [0, 0.1) is 0 Å². The first-order valence-corrected chi connectivity index (χ1v) is 14.0. The number of phenolic OH excluding ortho intramolecular Hbond substituents is 1. The van der Waals surface area contributed by atoms with Crippen LogP contribution < -0.4 is 5.32 Å². The summed E-state index contributed by atoms with van der Waals surface area (Å²) in [5.41, 5.74) is 4.07. The number of aromatic nitrogens is 3. The average Bonchev–Trinajstić information content (AvgIpc) is 3.33. The van der Waals surface area contributed by atoms with Gasteiger partial charge >= 0.3 is 0 Å². The van der Waals surface area contributed by atoms with Gasteiger partial charge in [-0.3, -0.25) is 4.79 Å². The molecule has 5 rings (SSSR count). The van der Waals surface area contributed by atoms with Crippen molar-refractivity contribution in [2.24, 2.45) is 0 Å². The predicted octanol–water partition coefficient (Wildman–Crippen LogP) is 8.38. The maximum atomic E-state index is 13.0. The van der Waals surface area contributed by atoms with Gasteiger partial charge in [-0.1, -0.05) is 96.0 Å². The van der Waals surface area contributed by atoms with Crippen LogP contribution in [0.5, 0.6) is 5.75 Å². The normalized spacial score (nSPS) is 10.4. The first kappa shape index (κ1) is 29.4. The van der Waals surface area contributed by atoms with Crippen molar-refractivity contribution in [3.8, 4) is 5.75 Å². The molecule has 1 amide bonds. The monoisotopic (exact) mass is 524 g/mol. The lowest BCUT2D eigenvalue weighted by Crippen LogP contribution is -2.13. The largest absolute Gasteiger partial charge is 0.508 e. The van der Waals surface area contributed by atoms with Gasteiger partial charge in [-0.05, 0) is 42.3 Å². The number of carbonyl (C=O) groups is 1. The number of unbranched alkanes of at least 4 members (excludes halogenated alkanes) is 1. The summed E-state index contributed by atoms with van der Waals surface area (Å²) < 4.78 is 2.22. The van der Waals surface area contributed by atoms with E-state index in [1.54, 1.807) is 24.3 Å². The number of hydrogen-bond donors (Lipinski definition) is 2. The maximum Gasteiger partial charge on any atom is 0.256 e. The van der Waals surface area contributed by atoms with Crippen molar-refractivity contribution in [3.05, 3.63) is 95.8 Å². The summed E-state index contributed by atoms with van der Waals surface area (Å²) in [6.07, 6.45) is 4.14. The van der Waals surface area contributed by atoms with E-state index in [1.165, 1.54) is 6.42 Å². The molecule has 0 unspecified atom stereocenters. The van der Waals surface area contributed by atoms with E-state index in [2.05, 4.69) is 30.7 Å². The van der Waals surface area contributed by atoms with Crippen molar-refractivity contribution in [1.82, 2.24) is 14.5 Å². The zero-order valence-electron chi connectivity index (χ0n) is 23.7. The molecule has 39 heavy (non-hydrogen) atoms. The van der Waals surface area contributed by atoms with Gasteiger partial charge in [0.25, 0.3) is 5.91 Å². The second-order valence-corrected chi connectivity index (χ2v) is 9.09. The second-order valence-electron chi connectivity index (χ2n) is 9.09. The fourth-order valence-corrected chi connectivity index (χ4v) is 4.22. The van der Waals surface area contributed by atoms with Gasteiger partial charge in [0, 0.05) is 23.9 Å². The number of fused-ring (bicyclic) bond motifs is 3. The van der Waals surface area contributed by atoms with Crippen LogP contribution in [-0.4, -0.2) is 25.5 Å². The SMILES string of the molecule is CC.CCC.CCCCc1nc2c(NC(=O)c3ccccc3)nc3ccccc3c2n1Cc1ccc(O)cc1. The molecule has 204 valence electrons. The van der Waals surface area contributed by atoms with Crippen molar-refractivity contribution in [2.75, 3.05) is 5.32 Å². The number of nitrogens with one attached hydrogen (secondary N) is 1. The van der Waals surface area contributed by atoms with Crippen LogP contribution >= 0.6 is 0 Å². The summed E-state index contributed by atoms with van der Waals surface area (Å²) in [7, 11) is 0. The molecule has 2 aromatic heterocycles. The topological polar surface area (TPSA) is 80.0 Å². The summed E-state index contributed by atoms with van der Waals surface area (Å²) in [4.78, 5) is 22.7. The van der Waals surface area contributed by atoms with E-state index in [9.17, 15) is 9.90 Å². The van der Waals surface area contributed by atoms with Gasteiger partial charge < -0.3 is 15.0 Å². The predicted molar refractivity (Wildman–Crippen MR) is 163 cm³/mol. The smallest absolute Gasteiger partial charge is 0.256 e. The lowest BCUT2D eigenvalue weighted by molar-refractivity contribution is 0.102. The molecule has 0 radical (unpaired) electrons. The van der Waals surface area contributed by atoms with Gasteiger partial charge in [-0.2, -0.15) is 0 Å². The molecule has 5 aromatic rings. The number of aryl methyl sites for hydroxylation is 1. The Morgan fingerprint density at radius 3 is 2.18 bits per heavy atom. The van der Waals surface area contributed by atoms with E-state index in [1.807, 2.05) is 68.4 Å². The molecule has 0 spiro atoms. The number of pyridine rings is 1. The Labute approximate surface area is 231 Å². The molecule has 2 N–H and O–H groups in total. The Kier molecular flexibility index (Phi) is 11.0. The molecular weight excluding hydrogens is 484 g/mol. The lowest BCUT2D eigenvalue weighted by atomic mass is 10.1. The highest BCUT2D eigenvalue weighted by Crippen LogP contribution is 2.31. The molecule has 0 aliphatic heterocycles. The number of anilines is 1. The number of carbonyl (C=O) groups excluding carboxylic acids is 1. The zero-order chi connectivity index (χ0) is 28.2. The highest BCUT2D eigenvalue weighted by atomic mass is 16.3. The number of imidazole rings is 1. The Balaban J connectivity index is 0.000000787. The minimum atomic E-state index is -0.215. The van der Waals surface area contributed by atoms with Crippen molar-refractivity contribution in [2.45, 2.75) is 66.8 Å². The Hall–Kier alpha value is -4.19. The summed E-state index contributed by atoms with van der Waals surface area (Å²) in [6, 6.07) is 24.3. The van der Waals surface area contributed by atoms with Crippen LogP contribution in [0.3, 0.4) is 0 Å². The molecule has 0 aliphatic carbocycles. The fraction of sp³-hybridized carbons (Fsp3) is 0.303. The van der Waals surface area contributed by atoms with Crippen LogP contribution in [0.25, 0.3) is 21.9 Å². The van der Waals surface area contributed by atoms with Crippen LogP contribution in [0.1, 0.15) is 75.6 Å². The third-order valence-electron chi connectivity index (χ3n) is 5.96. The van der Waals surface area contributed by atoms with Crippen molar-refractivity contribution >= 4 is 33.7 Å². The molecule has 3 aromatic carbocycles. The van der Waals surface area contributed by atoms with Crippen molar-refractivity contribution in [1.29, 1.82) is 0 Å². The number of rotatable bonds is 7. The van der Waals surface area contributed by atoms with Gasteiger partial charge in [0.1, 0.15) is 17.1 Å². The van der Waals surface area contributed by atoms with Crippen LogP contribution in [0.4, 0.5) is 5.82 Å².